The van der Waals surface area contributed by atoms with E-state index in [0.29, 0.717) is 17.7 Å². The summed E-state index contributed by atoms with van der Waals surface area (Å²) in [6, 6.07) is 9.66. The molecule has 0 aliphatic carbocycles. The van der Waals surface area contributed by atoms with Gasteiger partial charge < -0.3 is 0 Å². The Bertz CT molecular complexity index is 546. The molecule has 0 saturated carbocycles. The second-order valence-corrected chi connectivity index (χ2v) is 5.60. The van der Waals surface area contributed by atoms with Gasteiger partial charge in [0.15, 0.2) is 0 Å². The average Bonchev–Trinajstić information content (AvgIpc) is 2.70. The van der Waals surface area contributed by atoms with Gasteiger partial charge in [-0.15, -0.1) is 0 Å². The van der Waals surface area contributed by atoms with E-state index in [-0.39, 0.29) is 11.8 Å². The Hall–Kier alpha value is -1.90. The number of unbranched alkanes of at least 4 members (excludes halogenated alkanes) is 3. The van der Waals surface area contributed by atoms with Gasteiger partial charge in [0.25, 0.3) is 11.8 Å². The summed E-state index contributed by atoms with van der Waals surface area (Å²) in [5, 5.41) is 0. The molecule has 0 bridgehead atoms. The highest BCUT2D eigenvalue weighted by molar-refractivity contribution is 6.18. The maximum absolute atomic E-state index is 12.4. The van der Waals surface area contributed by atoms with Gasteiger partial charge in [0.2, 0.25) is 0 Å². The van der Waals surface area contributed by atoms with Gasteiger partial charge in [0.1, 0.15) is 0 Å². The fourth-order valence-corrected chi connectivity index (χ4v) is 2.68. The molecule has 1 aliphatic heterocycles. The van der Waals surface area contributed by atoms with Crippen LogP contribution in [0.5, 0.6) is 0 Å². The van der Waals surface area contributed by atoms with Crippen LogP contribution in [0.15, 0.2) is 41.5 Å². The monoisotopic (exact) mass is 285 g/mol. The second kappa shape index (κ2) is 7.21. The van der Waals surface area contributed by atoms with Crippen LogP contribution in [0.4, 0.5) is 0 Å². The van der Waals surface area contributed by atoms with Gasteiger partial charge in [-0.25, -0.2) is 0 Å². The van der Waals surface area contributed by atoms with Gasteiger partial charge in [0.05, 0.1) is 6.54 Å². The summed E-state index contributed by atoms with van der Waals surface area (Å²) in [4.78, 5) is 26.1. The van der Waals surface area contributed by atoms with Crippen molar-refractivity contribution in [2.45, 2.75) is 52.5 Å². The lowest BCUT2D eigenvalue weighted by Gasteiger charge is -2.15. The Morgan fingerprint density at radius 1 is 0.952 bits per heavy atom. The van der Waals surface area contributed by atoms with Crippen molar-refractivity contribution in [2.75, 3.05) is 0 Å². The normalized spacial score (nSPS) is 15.2. The summed E-state index contributed by atoms with van der Waals surface area (Å²) in [6.45, 7) is 4.31. The van der Waals surface area contributed by atoms with Crippen LogP contribution in [0.2, 0.25) is 0 Å². The summed E-state index contributed by atoms with van der Waals surface area (Å²) in [7, 11) is 0. The van der Waals surface area contributed by atoms with Crippen molar-refractivity contribution >= 4 is 11.8 Å². The van der Waals surface area contributed by atoms with Crippen molar-refractivity contribution in [1.82, 2.24) is 4.90 Å². The van der Waals surface area contributed by atoms with Crippen molar-refractivity contribution < 1.29 is 9.59 Å². The lowest BCUT2D eigenvalue weighted by atomic mass is 10.0. The van der Waals surface area contributed by atoms with Crippen LogP contribution < -0.4 is 0 Å². The Morgan fingerprint density at radius 2 is 1.67 bits per heavy atom. The fraction of sp³-hybridized carbons (Fsp3) is 0.444. The molecule has 21 heavy (non-hydrogen) atoms. The molecule has 1 aliphatic rings. The van der Waals surface area contributed by atoms with Gasteiger partial charge in [-0.1, -0.05) is 56.5 Å². The van der Waals surface area contributed by atoms with Crippen LogP contribution in [0.3, 0.4) is 0 Å². The smallest absolute Gasteiger partial charge is 0.257 e. The molecule has 1 heterocycles. The van der Waals surface area contributed by atoms with Crippen molar-refractivity contribution in [3.05, 3.63) is 47.0 Å². The molecule has 0 N–H and O–H groups in total. The minimum atomic E-state index is -0.130. The Labute approximate surface area is 126 Å². The van der Waals surface area contributed by atoms with Crippen molar-refractivity contribution in [3.8, 4) is 0 Å². The molecular weight excluding hydrogens is 262 g/mol. The van der Waals surface area contributed by atoms with E-state index in [0.717, 1.165) is 24.8 Å². The van der Waals surface area contributed by atoms with E-state index in [1.807, 2.05) is 30.3 Å². The maximum atomic E-state index is 12.4. The van der Waals surface area contributed by atoms with Crippen LogP contribution >= 0.6 is 0 Å². The molecule has 3 heteroatoms. The molecule has 112 valence electrons. The lowest BCUT2D eigenvalue weighted by Crippen LogP contribution is -2.31. The first-order chi connectivity index (χ1) is 10.1. The highest BCUT2D eigenvalue weighted by Crippen LogP contribution is 2.26. The molecule has 0 spiro atoms. The average molecular weight is 285 g/mol. The van der Waals surface area contributed by atoms with Crippen molar-refractivity contribution in [3.63, 3.8) is 0 Å². The number of imide groups is 1. The summed E-state index contributed by atoms with van der Waals surface area (Å²) in [6.07, 6.45) is 5.18. The van der Waals surface area contributed by atoms with Gasteiger partial charge in [-0.2, -0.15) is 0 Å². The minimum absolute atomic E-state index is 0.0992. The fourth-order valence-electron chi connectivity index (χ4n) is 2.68. The van der Waals surface area contributed by atoms with Crippen LogP contribution in [-0.4, -0.2) is 16.7 Å². The Balaban J connectivity index is 2.01. The first kappa shape index (κ1) is 15.5. The third kappa shape index (κ3) is 3.60. The standard InChI is InChI=1S/C18H23NO2/c1-3-4-5-9-12-16-14(2)17(20)19(18(16)21)13-15-10-7-6-8-11-15/h6-8,10-11H,3-5,9,12-13H2,1-2H3. The lowest BCUT2D eigenvalue weighted by molar-refractivity contribution is -0.138. The molecule has 0 atom stereocenters. The van der Waals surface area contributed by atoms with E-state index >= 15 is 0 Å². The number of carbonyl (C=O) groups is 2. The SMILES string of the molecule is CCCCCCC1=C(C)C(=O)N(Cc2ccccc2)C1=O. The summed E-state index contributed by atoms with van der Waals surface area (Å²) < 4.78 is 0. The van der Waals surface area contributed by atoms with Crippen LogP contribution in [0.25, 0.3) is 0 Å². The molecule has 0 radical (unpaired) electrons. The number of hydrogen-bond acceptors (Lipinski definition) is 2. The number of amides is 2. The molecule has 0 saturated heterocycles. The molecule has 0 unspecified atom stereocenters. The number of carbonyl (C=O) groups excluding carboxylic acids is 2. The number of rotatable bonds is 7. The summed E-state index contributed by atoms with van der Waals surface area (Å²) in [5.74, 6) is -0.229. The predicted molar refractivity (Wildman–Crippen MR) is 83.5 cm³/mol. The van der Waals surface area contributed by atoms with E-state index in [4.69, 9.17) is 0 Å². The zero-order chi connectivity index (χ0) is 15.2. The van der Waals surface area contributed by atoms with Crippen LogP contribution in [-0.2, 0) is 16.1 Å². The number of benzene rings is 1. The topological polar surface area (TPSA) is 37.4 Å². The van der Waals surface area contributed by atoms with Gasteiger partial charge in [0, 0.05) is 11.1 Å². The summed E-state index contributed by atoms with van der Waals surface area (Å²) >= 11 is 0. The van der Waals surface area contributed by atoms with E-state index in [9.17, 15) is 9.59 Å². The van der Waals surface area contributed by atoms with Gasteiger partial charge in [-0.05, 0) is 25.3 Å². The quantitative estimate of drug-likeness (QED) is 0.564. The number of hydrogen-bond donors (Lipinski definition) is 0. The maximum Gasteiger partial charge on any atom is 0.257 e. The van der Waals surface area contributed by atoms with Crippen LogP contribution in [0.1, 0.15) is 51.5 Å². The highest BCUT2D eigenvalue weighted by Gasteiger charge is 2.34. The summed E-state index contributed by atoms with van der Waals surface area (Å²) in [5.41, 5.74) is 2.33. The van der Waals surface area contributed by atoms with Gasteiger partial charge >= 0.3 is 0 Å². The first-order valence-corrected chi connectivity index (χ1v) is 7.75. The highest BCUT2D eigenvalue weighted by atomic mass is 16.2. The van der Waals surface area contributed by atoms with E-state index in [1.165, 1.54) is 17.7 Å². The third-order valence-corrected chi connectivity index (χ3v) is 3.99. The van der Waals surface area contributed by atoms with Crippen molar-refractivity contribution in [1.29, 1.82) is 0 Å². The minimum Gasteiger partial charge on any atom is -0.270 e. The third-order valence-electron chi connectivity index (χ3n) is 3.99. The van der Waals surface area contributed by atoms with Gasteiger partial charge in [-0.3, -0.25) is 14.5 Å². The Kier molecular flexibility index (Phi) is 5.32. The second-order valence-electron chi connectivity index (χ2n) is 5.60. The first-order valence-electron chi connectivity index (χ1n) is 7.75. The van der Waals surface area contributed by atoms with Crippen LogP contribution in [0, 0.1) is 0 Å². The van der Waals surface area contributed by atoms with E-state index in [1.54, 1.807) is 6.92 Å². The molecule has 1 aromatic rings. The molecule has 0 aromatic heterocycles. The number of nitrogens with zero attached hydrogens (tertiary/aromatic N) is 1. The largest absolute Gasteiger partial charge is 0.270 e. The molecule has 2 amide bonds. The molecule has 3 nitrogen and oxygen atoms in total. The van der Waals surface area contributed by atoms with E-state index < -0.39 is 0 Å². The Morgan fingerprint density at radius 3 is 2.33 bits per heavy atom. The molecular formula is C18H23NO2. The molecule has 1 aromatic carbocycles. The zero-order valence-electron chi connectivity index (χ0n) is 12.9. The molecule has 0 fully saturated rings. The van der Waals surface area contributed by atoms with Crippen molar-refractivity contribution in [2.24, 2.45) is 0 Å². The predicted octanol–water partition coefficient (Wildman–Crippen LogP) is 3.84. The molecule has 2 rings (SSSR count). The van der Waals surface area contributed by atoms with E-state index in [2.05, 4.69) is 6.92 Å². The zero-order valence-corrected chi connectivity index (χ0v) is 12.9.